The first-order valence-corrected chi connectivity index (χ1v) is 8.42. The van der Waals surface area contributed by atoms with Gasteiger partial charge in [-0.2, -0.15) is 4.52 Å². The van der Waals surface area contributed by atoms with Crippen LogP contribution in [0.5, 0.6) is 0 Å². The summed E-state index contributed by atoms with van der Waals surface area (Å²) in [6.07, 6.45) is 4.18. The molecule has 1 aliphatic heterocycles. The van der Waals surface area contributed by atoms with E-state index in [0.717, 1.165) is 56.3 Å². The van der Waals surface area contributed by atoms with Gasteiger partial charge in [-0.1, -0.05) is 0 Å². The van der Waals surface area contributed by atoms with E-state index in [1.807, 2.05) is 24.0 Å². The number of anilines is 1. The van der Waals surface area contributed by atoms with Gasteiger partial charge < -0.3 is 9.80 Å². The zero-order valence-corrected chi connectivity index (χ0v) is 13.5. The molecule has 0 spiro atoms. The van der Waals surface area contributed by atoms with E-state index in [0.29, 0.717) is 11.8 Å². The predicted octanol–water partition coefficient (Wildman–Crippen LogP) is 1.27. The fourth-order valence-electron chi connectivity index (χ4n) is 3.15. The average Bonchev–Trinajstić information content (AvgIpc) is 3.33. The highest BCUT2D eigenvalue weighted by molar-refractivity contribution is 5.76. The molecule has 2 fully saturated rings. The normalized spacial score (nSPS) is 19.2. The quantitative estimate of drug-likeness (QED) is 0.853. The average molecular weight is 314 g/mol. The Kier molecular flexibility index (Phi) is 3.63. The van der Waals surface area contributed by atoms with E-state index in [9.17, 15) is 4.79 Å². The summed E-state index contributed by atoms with van der Waals surface area (Å²) in [5, 5.41) is 12.8. The van der Waals surface area contributed by atoms with Crippen molar-refractivity contribution in [3.8, 4) is 0 Å². The molecule has 0 aromatic carbocycles. The molecular formula is C16H22N6O. The van der Waals surface area contributed by atoms with E-state index < -0.39 is 0 Å². The van der Waals surface area contributed by atoms with Gasteiger partial charge in [-0.15, -0.1) is 15.3 Å². The van der Waals surface area contributed by atoms with Gasteiger partial charge in [-0.05, 0) is 44.2 Å². The fraction of sp³-hybridized carbons (Fsp3) is 0.625. The molecule has 1 amide bonds. The van der Waals surface area contributed by atoms with Crippen LogP contribution in [0.25, 0.3) is 5.65 Å². The molecule has 0 unspecified atom stereocenters. The summed E-state index contributed by atoms with van der Waals surface area (Å²) in [6, 6.07) is 3.94. The fourth-order valence-corrected chi connectivity index (χ4v) is 3.15. The molecule has 1 saturated heterocycles. The van der Waals surface area contributed by atoms with Crippen LogP contribution in [0.3, 0.4) is 0 Å². The van der Waals surface area contributed by atoms with Crippen LogP contribution >= 0.6 is 0 Å². The van der Waals surface area contributed by atoms with Gasteiger partial charge >= 0.3 is 0 Å². The molecule has 7 heteroatoms. The largest absolute Gasteiger partial charge is 0.353 e. The number of aryl methyl sites for hydroxylation is 1. The maximum Gasteiger partial charge on any atom is 0.222 e. The van der Waals surface area contributed by atoms with Crippen LogP contribution in [0.1, 0.15) is 31.5 Å². The highest BCUT2D eigenvalue weighted by atomic mass is 16.2. The van der Waals surface area contributed by atoms with Crippen LogP contribution in [-0.4, -0.2) is 56.8 Å². The maximum atomic E-state index is 12.3. The molecule has 122 valence electrons. The zero-order valence-electron chi connectivity index (χ0n) is 13.5. The Morgan fingerprint density at radius 3 is 2.87 bits per heavy atom. The molecule has 1 aliphatic carbocycles. The van der Waals surface area contributed by atoms with Crippen molar-refractivity contribution in [3.63, 3.8) is 0 Å². The topological polar surface area (TPSA) is 66.6 Å². The van der Waals surface area contributed by atoms with Gasteiger partial charge in [0.2, 0.25) is 5.91 Å². The molecule has 2 aliphatic rings. The summed E-state index contributed by atoms with van der Waals surface area (Å²) < 4.78 is 1.77. The standard InChI is InChI=1S/C16H22N6O/c1-12-17-18-14-5-6-15(19-22(12)14)20-7-2-8-21(10-9-20)16(23)11-13-3-4-13/h5-6,13H,2-4,7-11H2,1H3. The number of fused-ring (bicyclic) bond motifs is 1. The van der Waals surface area contributed by atoms with Gasteiger partial charge in [0.15, 0.2) is 11.5 Å². The Bertz CT molecular complexity index is 722. The van der Waals surface area contributed by atoms with Crippen molar-refractivity contribution in [2.75, 3.05) is 31.1 Å². The van der Waals surface area contributed by atoms with Crippen LogP contribution in [-0.2, 0) is 4.79 Å². The Morgan fingerprint density at radius 2 is 2.04 bits per heavy atom. The van der Waals surface area contributed by atoms with Gasteiger partial charge in [0, 0.05) is 32.6 Å². The third-order valence-electron chi connectivity index (χ3n) is 4.74. The summed E-state index contributed by atoms with van der Waals surface area (Å²) in [6.45, 7) is 5.29. The second-order valence-electron chi connectivity index (χ2n) is 6.58. The highest BCUT2D eigenvalue weighted by Crippen LogP contribution is 2.33. The molecule has 3 heterocycles. The maximum absolute atomic E-state index is 12.3. The second-order valence-corrected chi connectivity index (χ2v) is 6.58. The van der Waals surface area contributed by atoms with Gasteiger partial charge in [-0.3, -0.25) is 4.79 Å². The number of hydrogen-bond donors (Lipinski definition) is 0. The Balaban J connectivity index is 1.46. The smallest absolute Gasteiger partial charge is 0.222 e. The first kappa shape index (κ1) is 14.4. The lowest BCUT2D eigenvalue weighted by Crippen LogP contribution is -2.35. The Hall–Kier alpha value is -2.18. The highest BCUT2D eigenvalue weighted by Gasteiger charge is 2.28. The molecule has 0 atom stereocenters. The van der Waals surface area contributed by atoms with E-state index in [1.54, 1.807) is 4.52 Å². The minimum Gasteiger partial charge on any atom is -0.353 e. The van der Waals surface area contributed by atoms with Gasteiger partial charge in [0.1, 0.15) is 5.82 Å². The van der Waals surface area contributed by atoms with Crippen molar-refractivity contribution in [3.05, 3.63) is 18.0 Å². The monoisotopic (exact) mass is 314 g/mol. The molecule has 2 aromatic rings. The molecule has 1 saturated carbocycles. The summed E-state index contributed by atoms with van der Waals surface area (Å²) >= 11 is 0. The number of carbonyl (C=O) groups excluding carboxylic acids is 1. The number of nitrogens with zero attached hydrogens (tertiary/aromatic N) is 6. The molecule has 0 bridgehead atoms. The first-order chi connectivity index (χ1) is 11.2. The number of aromatic nitrogens is 4. The van der Waals surface area contributed by atoms with Crippen molar-refractivity contribution >= 4 is 17.4 Å². The summed E-state index contributed by atoms with van der Waals surface area (Å²) in [5.41, 5.74) is 0.766. The van der Waals surface area contributed by atoms with Crippen molar-refractivity contribution in [2.24, 2.45) is 5.92 Å². The van der Waals surface area contributed by atoms with Crippen molar-refractivity contribution < 1.29 is 4.79 Å². The van der Waals surface area contributed by atoms with Gasteiger partial charge in [-0.25, -0.2) is 0 Å². The van der Waals surface area contributed by atoms with Crippen molar-refractivity contribution in [1.82, 2.24) is 24.7 Å². The van der Waals surface area contributed by atoms with Crippen molar-refractivity contribution in [1.29, 1.82) is 0 Å². The van der Waals surface area contributed by atoms with Crippen LogP contribution < -0.4 is 4.90 Å². The minimum absolute atomic E-state index is 0.326. The number of rotatable bonds is 3. The SMILES string of the molecule is Cc1nnc2ccc(N3CCCN(C(=O)CC4CC4)CC3)nn12. The van der Waals surface area contributed by atoms with Crippen LogP contribution in [0.2, 0.25) is 0 Å². The summed E-state index contributed by atoms with van der Waals surface area (Å²) in [4.78, 5) is 16.6. The molecule has 7 nitrogen and oxygen atoms in total. The second kappa shape index (κ2) is 5.79. The Labute approximate surface area is 135 Å². The van der Waals surface area contributed by atoms with Crippen molar-refractivity contribution in [2.45, 2.75) is 32.6 Å². The van der Waals surface area contributed by atoms with Crippen LogP contribution in [0.4, 0.5) is 5.82 Å². The molecule has 2 aromatic heterocycles. The summed E-state index contributed by atoms with van der Waals surface area (Å²) in [7, 11) is 0. The van der Waals surface area contributed by atoms with E-state index >= 15 is 0 Å². The number of hydrogen-bond acceptors (Lipinski definition) is 5. The van der Waals surface area contributed by atoms with E-state index in [1.165, 1.54) is 12.8 Å². The van der Waals surface area contributed by atoms with E-state index in [-0.39, 0.29) is 0 Å². The van der Waals surface area contributed by atoms with Crippen LogP contribution in [0, 0.1) is 12.8 Å². The lowest BCUT2D eigenvalue weighted by molar-refractivity contribution is -0.131. The van der Waals surface area contributed by atoms with E-state index in [4.69, 9.17) is 0 Å². The lowest BCUT2D eigenvalue weighted by atomic mass is 10.2. The summed E-state index contributed by atoms with van der Waals surface area (Å²) in [5.74, 6) is 2.70. The van der Waals surface area contributed by atoms with Crippen LogP contribution in [0.15, 0.2) is 12.1 Å². The molecule has 23 heavy (non-hydrogen) atoms. The predicted molar refractivity (Wildman–Crippen MR) is 86.3 cm³/mol. The van der Waals surface area contributed by atoms with E-state index in [2.05, 4.69) is 20.2 Å². The molecule has 4 rings (SSSR count). The number of amides is 1. The molecule has 0 radical (unpaired) electrons. The third-order valence-corrected chi connectivity index (χ3v) is 4.74. The minimum atomic E-state index is 0.326. The zero-order chi connectivity index (χ0) is 15.8. The Morgan fingerprint density at radius 1 is 1.17 bits per heavy atom. The van der Waals surface area contributed by atoms with Gasteiger partial charge in [0.05, 0.1) is 0 Å². The first-order valence-electron chi connectivity index (χ1n) is 8.42. The lowest BCUT2D eigenvalue weighted by Gasteiger charge is -2.22. The molecular weight excluding hydrogens is 292 g/mol. The van der Waals surface area contributed by atoms with Gasteiger partial charge in [0.25, 0.3) is 0 Å². The molecule has 0 N–H and O–H groups in total. The third kappa shape index (κ3) is 3.00. The number of carbonyl (C=O) groups is 1.